The van der Waals surface area contributed by atoms with Crippen molar-refractivity contribution in [3.05, 3.63) is 0 Å². The summed E-state index contributed by atoms with van der Waals surface area (Å²) in [5, 5.41) is 0. The Hall–Kier alpha value is -0.683. The van der Waals surface area contributed by atoms with E-state index in [1.165, 1.54) is 32.6 Å². The quantitative estimate of drug-likeness (QED) is 0.359. The first-order valence-corrected chi connectivity index (χ1v) is 16.5. The monoisotopic (exact) mass is 462 g/mol. The molecule has 0 heterocycles. The van der Waals surface area contributed by atoms with Gasteiger partial charge in [-0.25, -0.2) is 0 Å². The lowest BCUT2D eigenvalue weighted by Gasteiger charge is -2.63. The first kappa shape index (κ1) is 24.4. The molecule has 0 aromatic rings. The van der Waals surface area contributed by atoms with Crippen LogP contribution in [0.15, 0.2) is 0 Å². The zero-order valence-corrected chi connectivity index (χ0v) is 22.8. The van der Waals surface area contributed by atoms with E-state index in [0.29, 0.717) is 35.7 Å². The van der Waals surface area contributed by atoms with Gasteiger partial charge in [0.15, 0.2) is 19.7 Å². The van der Waals surface area contributed by atoms with Crippen LogP contribution in [0.2, 0.25) is 19.6 Å². The van der Waals surface area contributed by atoms with Gasteiger partial charge in [0.05, 0.1) is 0 Å². The van der Waals surface area contributed by atoms with Crippen LogP contribution in [0.1, 0.15) is 86.0 Å². The number of hydrogen-bond donors (Lipinski definition) is 0. The molecule has 0 amide bonds. The number of carbonyl (C=O) groups is 2. The number of fused-ring (bicyclic) bond motifs is 5. The van der Waals surface area contributed by atoms with Crippen LogP contribution in [-0.4, -0.2) is 31.8 Å². The summed E-state index contributed by atoms with van der Waals surface area (Å²) in [5.41, 5.74) is -0.781. The van der Waals surface area contributed by atoms with Gasteiger partial charge in [-0.1, -0.05) is 20.8 Å². The van der Waals surface area contributed by atoms with Gasteiger partial charge in [0.2, 0.25) is 0 Å². The minimum absolute atomic E-state index is 0.0492. The molecule has 0 aliphatic heterocycles. The van der Waals surface area contributed by atoms with E-state index in [2.05, 4.69) is 40.4 Å². The highest BCUT2D eigenvalue weighted by Crippen LogP contribution is 2.70. The minimum Gasteiger partial charge on any atom is -0.451 e. The average Bonchev–Trinajstić information content (AvgIpc) is 2.95. The number of carbonyl (C=O) groups excluding carboxylic acids is 2. The molecule has 0 bridgehead atoms. The van der Waals surface area contributed by atoms with Crippen molar-refractivity contribution >= 4 is 20.1 Å². The molecule has 4 aliphatic rings. The zero-order chi connectivity index (χ0) is 23.7. The van der Waals surface area contributed by atoms with Crippen molar-refractivity contribution in [2.75, 3.05) is 0 Å². The minimum atomic E-state index is -1.52. The van der Waals surface area contributed by atoms with E-state index in [1.54, 1.807) is 6.92 Å². The van der Waals surface area contributed by atoms with Crippen molar-refractivity contribution < 1.29 is 18.8 Å². The Bertz CT molecular complexity index is 774. The average molecular weight is 463 g/mol. The van der Waals surface area contributed by atoms with Gasteiger partial charge in [-0.15, -0.1) is 0 Å². The lowest BCUT2D eigenvalue weighted by Crippen LogP contribution is -2.61. The molecule has 182 valence electrons. The molecule has 0 radical (unpaired) electrons. The molecule has 4 rings (SSSR count). The van der Waals surface area contributed by atoms with Gasteiger partial charge in [0.25, 0.3) is 0 Å². The molecule has 9 atom stereocenters. The molecule has 1 unspecified atom stereocenters. The maximum Gasteiger partial charge on any atom is 0.303 e. The first-order chi connectivity index (χ1) is 14.7. The Kier molecular flexibility index (Phi) is 6.06. The third kappa shape index (κ3) is 3.64. The molecular weight excluding hydrogens is 416 g/mol. The summed E-state index contributed by atoms with van der Waals surface area (Å²) in [4.78, 5) is 25.0. The van der Waals surface area contributed by atoms with E-state index in [1.807, 2.05) is 0 Å². The predicted octanol–water partition coefficient (Wildman–Crippen LogP) is 6.39. The topological polar surface area (TPSA) is 52.6 Å². The van der Waals surface area contributed by atoms with E-state index in [9.17, 15) is 9.59 Å². The molecule has 0 saturated heterocycles. The lowest BCUT2D eigenvalue weighted by molar-refractivity contribution is -0.195. The van der Waals surface area contributed by atoms with E-state index < -0.39 is 13.9 Å². The lowest BCUT2D eigenvalue weighted by atomic mass is 9.42. The van der Waals surface area contributed by atoms with Gasteiger partial charge in [-0.05, 0) is 113 Å². The first-order valence-electron chi connectivity index (χ1n) is 13.1. The van der Waals surface area contributed by atoms with Crippen molar-refractivity contribution in [1.29, 1.82) is 0 Å². The summed E-state index contributed by atoms with van der Waals surface area (Å²) in [7, 11) is -1.52. The maximum absolute atomic E-state index is 12.9. The number of esters is 1. The van der Waals surface area contributed by atoms with Gasteiger partial charge < -0.3 is 9.16 Å². The van der Waals surface area contributed by atoms with Crippen LogP contribution in [0, 0.1) is 40.4 Å². The number of rotatable bonds is 4. The highest BCUT2D eigenvalue weighted by atomic mass is 28.4. The Morgan fingerprint density at radius 2 is 1.53 bits per heavy atom. The van der Waals surface area contributed by atoms with Gasteiger partial charge in [-0.3, -0.25) is 9.59 Å². The van der Waals surface area contributed by atoms with Gasteiger partial charge in [0.1, 0.15) is 0 Å². The Labute approximate surface area is 196 Å². The van der Waals surface area contributed by atoms with Crippen LogP contribution in [-0.2, 0) is 18.8 Å². The highest BCUT2D eigenvalue weighted by molar-refractivity contribution is 6.69. The Balaban J connectivity index is 1.61. The number of ketones is 1. The molecule has 4 fully saturated rings. The van der Waals surface area contributed by atoms with Crippen molar-refractivity contribution in [2.45, 2.75) is 117 Å². The summed E-state index contributed by atoms with van der Waals surface area (Å²) in [6.45, 7) is 17.4. The second-order valence-electron chi connectivity index (χ2n) is 13.3. The van der Waals surface area contributed by atoms with Gasteiger partial charge >= 0.3 is 5.97 Å². The fourth-order valence-electron chi connectivity index (χ4n) is 9.37. The van der Waals surface area contributed by atoms with Crippen LogP contribution in [0.25, 0.3) is 0 Å². The second kappa shape index (κ2) is 7.93. The molecule has 0 N–H and O–H groups in total. The van der Waals surface area contributed by atoms with Crippen LogP contribution in [0.4, 0.5) is 0 Å². The Morgan fingerprint density at radius 3 is 2.12 bits per heavy atom. The number of Topliss-reactive ketones (excluding diaryl/α,β-unsaturated/α-hetero) is 1. The van der Waals surface area contributed by atoms with Gasteiger partial charge in [0, 0.05) is 18.4 Å². The SMILES string of the molecule is CC(=O)O[C@]1(C(C)=O)CC[C@H]2[C@@H]3CC(C)[C@@H]4C[C@H](O[Si](C)(C)C)CC[C@]4(C)[C@H]3CC[C@@]21C. The number of ether oxygens (including phenoxy) is 1. The molecular formula is C27H46O4Si. The maximum atomic E-state index is 12.9. The third-order valence-electron chi connectivity index (χ3n) is 10.5. The fraction of sp³-hybridized carbons (Fsp3) is 0.926. The number of hydrogen-bond acceptors (Lipinski definition) is 4. The van der Waals surface area contributed by atoms with Crippen LogP contribution in [0.3, 0.4) is 0 Å². The molecule has 0 aromatic heterocycles. The van der Waals surface area contributed by atoms with Crippen molar-refractivity contribution in [1.82, 2.24) is 0 Å². The zero-order valence-electron chi connectivity index (χ0n) is 21.8. The molecule has 0 spiro atoms. The van der Waals surface area contributed by atoms with Crippen molar-refractivity contribution in [3.63, 3.8) is 0 Å². The standard InChI is InChI=1S/C27H46O4Si/c1-17-15-21-22(25(4)12-9-20(16-24(17)25)31-32(6,7)8)10-13-26(5)23(21)11-14-27(26,18(2)28)30-19(3)29/h17,20-24H,9-16H2,1-8H3/t17?,20-,21-,22+,23+,24+,25-,26+,27+/m1/s1. The summed E-state index contributed by atoms with van der Waals surface area (Å²) in [6, 6.07) is 0. The largest absolute Gasteiger partial charge is 0.451 e. The molecule has 4 nitrogen and oxygen atoms in total. The van der Waals surface area contributed by atoms with E-state index in [-0.39, 0.29) is 17.2 Å². The van der Waals surface area contributed by atoms with E-state index in [0.717, 1.165) is 31.1 Å². The van der Waals surface area contributed by atoms with Crippen LogP contribution < -0.4 is 0 Å². The van der Waals surface area contributed by atoms with Crippen LogP contribution in [0.5, 0.6) is 0 Å². The fourth-order valence-corrected chi connectivity index (χ4v) is 10.6. The van der Waals surface area contributed by atoms with Crippen LogP contribution >= 0.6 is 0 Å². The van der Waals surface area contributed by atoms with Crippen molar-refractivity contribution in [2.24, 2.45) is 40.4 Å². The molecule has 32 heavy (non-hydrogen) atoms. The van der Waals surface area contributed by atoms with E-state index >= 15 is 0 Å². The second-order valence-corrected chi connectivity index (χ2v) is 17.8. The van der Waals surface area contributed by atoms with Crippen molar-refractivity contribution in [3.8, 4) is 0 Å². The Morgan fingerprint density at radius 1 is 0.875 bits per heavy atom. The molecule has 0 aromatic carbocycles. The predicted molar refractivity (Wildman–Crippen MR) is 130 cm³/mol. The summed E-state index contributed by atoms with van der Waals surface area (Å²) < 4.78 is 12.5. The summed E-state index contributed by atoms with van der Waals surface area (Å²) in [5.74, 6) is 2.97. The third-order valence-corrected chi connectivity index (χ3v) is 11.6. The normalized spacial score (nSPS) is 48.4. The molecule has 5 heteroatoms. The molecule has 4 aliphatic carbocycles. The highest BCUT2D eigenvalue weighted by Gasteiger charge is 2.68. The summed E-state index contributed by atoms with van der Waals surface area (Å²) >= 11 is 0. The van der Waals surface area contributed by atoms with E-state index in [4.69, 9.17) is 9.16 Å². The van der Waals surface area contributed by atoms with Gasteiger partial charge in [-0.2, -0.15) is 0 Å². The molecule has 4 saturated carbocycles. The summed E-state index contributed by atoms with van der Waals surface area (Å²) in [6.07, 6.45) is 9.24. The smallest absolute Gasteiger partial charge is 0.303 e.